The first-order valence-corrected chi connectivity index (χ1v) is 5.76. The number of hydrogen-bond donors (Lipinski definition) is 2. The Morgan fingerprint density at radius 2 is 2.29 bits per heavy atom. The van der Waals surface area contributed by atoms with Gasteiger partial charge in [-0.1, -0.05) is 11.6 Å². The summed E-state index contributed by atoms with van der Waals surface area (Å²) in [4.78, 5) is 3.12. The molecule has 1 heterocycles. The first kappa shape index (κ1) is 11.6. The Hall–Kier alpha value is -1.86. The molecule has 0 amide bonds. The van der Waals surface area contributed by atoms with Crippen molar-refractivity contribution >= 4 is 23.1 Å². The lowest BCUT2D eigenvalue weighted by Gasteiger charge is -2.08. The van der Waals surface area contributed by atoms with Crippen LogP contribution in [0.4, 0.5) is 0 Å². The van der Waals surface area contributed by atoms with Crippen molar-refractivity contribution in [2.45, 2.75) is 19.9 Å². The molecule has 17 heavy (non-hydrogen) atoms. The minimum atomic E-state index is 0.419. The molecule has 0 fully saturated rings. The summed E-state index contributed by atoms with van der Waals surface area (Å²) >= 11 is 5.23. The molecule has 86 valence electrons. The standard InChI is InChI=1S/C13H13N3S/c1-3-4-7-16-12(14)10-8-9(2)5-6-11(10)15-13(16)17/h1,5-6,8,14H,4,7H2,2H3,(H,15,17). The van der Waals surface area contributed by atoms with E-state index in [2.05, 4.69) is 10.9 Å². The predicted octanol–water partition coefficient (Wildman–Crippen LogP) is 2.51. The van der Waals surface area contributed by atoms with E-state index in [1.807, 2.05) is 25.1 Å². The number of benzene rings is 1. The van der Waals surface area contributed by atoms with Crippen molar-refractivity contribution in [2.75, 3.05) is 0 Å². The molecule has 1 aromatic heterocycles. The molecule has 0 aliphatic rings. The number of nitrogens with zero attached hydrogens (tertiary/aromatic N) is 1. The third-order valence-electron chi connectivity index (χ3n) is 2.67. The zero-order valence-corrected chi connectivity index (χ0v) is 10.4. The SMILES string of the molecule is C#CCCn1c(=S)[nH]c2ccc(C)cc2c1=N. The topological polar surface area (TPSA) is 44.6 Å². The molecular weight excluding hydrogens is 230 g/mol. The third kappa shape index (κ3) is 2.15. The van der Waals surface area contributed by atoms with Gasteiger partial charge in [-0.15, -0.1) is 12.3 Å². The van der Waals surface area contributed by atoms with Gasteiger partial charge < -0.3 is 9.55 Å². The van der Waals surface area contributed by atoms with E-state index in [1.165, 1.54) is 0 Å². The van der Waals surface area contributed by atoms with Crippen LogP contribution in [-0.2, 0) is 6.54 Å². The van der Waals surface area contributed by atoms with E-state index in [9.17, 15) is 0 Å². The summed E-state index contributed by atoms with van der Waals surface area (Å²) in [5.41, 5.74) is 2.44. The number of fused-ring (bicyclic) bond motifs is 1. The largest absolute Gasteiger partial charge is 0.332 e. The highest BCUT2D eigenvalue weighted by atomic mass is 32.1. The monoisotopic (exact) mass is 243 g/mol. The van der Waals surface area contributed by atoms with Crippen LogP contribution in [0.5, 0.6) is 0 Å². The first-order valence-electron chi connectivity index (χ1n) is 5.35. The van der Waals surface area contributed by atoms with Gasteiger partial charge in [-0.05, 0) is 31.3 Å². The molecule has 0 atom stereocenters. The average Bonchev–Trinajstić information content (AvgIpc) is 2.30. The normalized spacial score (nSPS) is 10.4. The van der Waals surface area contributed by atoms with Crippen LogP contribution in [0.15, 0.2) is 18.2 Å². The van der Waals surface area contributed by atoms with E-state index in [1.54, 1.807) is 4.57 Å². The van der Waals surface area contributed by atoms with Crippen molar-refractivity contribution in [2.24, 2.45) is 0 Å². The second kappa shape index (κ2) is 4.56. The van der Waals surface area contributed by atoms with Gasteiger partial charge in [0.05, 0.1) is 5.52 Å². The molecule has 4 heteroatoms. The fraction of sp³-hybridized carbons (Fsp3) is 0.231. The second-order valence-electron chi connectivity index (χ2n) is 3.93. The number of nitrogens with one attached hydrogen (secondary N) is 2. The zero-order valence-electron chi connectivity index (χ0n) is 9.58. The molecule has 2 N–H and O–H groups in total. The summed E-state index contributed by atoms with van der Waals surface area (Å²) in [5, 5.41) is 9.03. The minimum Gasteiger partial charge on any atom is -0.332 e. The summed E-state index contributed by atoms with van der Waals surface area (Å²) < 4.78 is 2.28. The van der Waals surface area contributed by atoms with Gasteiger partial charge in [0.25, 0.3) is 0 Å². The molecule has 0 saturated carbocycles. The summed E-state index contributed by atoms with van der Waals surface area (Å²) in [6.45, 7) is 2.58. The van der Waals surface area contributed by atoms with Crippen molar-refractivity contribution < 1.29 is 0 Å². The van der Waals surface area contributed by atoms with E-state index in [4.69, 9.17) is 24.1 Å². The Morgan fingerprint density at radius 1 is 1.53 bits per heavy atom. The van der Waals surface area contributed by atoms with Crippen molar-refractivity contribution in [1.29, 1.82) is 5.41 Å². The Balaban J connectivity index is 2.75. The van der Waals surface area contributed by atoms with Crippen LogP contribution in [0, 0.1) is 29.4 Å². The number of hydrogen-bond acceptors (Lipinski definition) is 2. The highest BCUT2D eigenvalue weighted by Gasteiger charge is 2.02. The zero-order chi connectivity index (χ0) is 12.4. The van der Waals surface area contributed by atoms with Crippen LogP contribution in [0.1, 0.15) is 12.0 Å². The summed E-state index contributed by atoms with van der Waals surface area (Å²) in [7, 11) is 0. The highest BCUT2D eigenvalue weighted by molar-refractivity contribution is 7.71. The lowest BCUT2D eigenvalue weighted by Crippen LogP contribution is -2.22. The van der Waals surface area contributed by atoms with E-state index in [0.29, 0.717) is 23.2 Å². The maximum absolute atomic E-state index is 8.16. The maximum Gasteiger partial charge on any atom is 0.179 e. The molecule has 0 aliphatic heterocycles. The Kier molecular flexibility index (Phi) is 3.12. The molecule has 1 aromatic carbocycles. The lowest BCUT2D eigenvalue weighted by atomic mass is 10.1. The predicted molar refractivity (Wildman–Crippen MR) is 71.2 cm³/mol. The van der Waals surface area contributed by atoms with Gasteiger partial charge in [0.15, 0.2) is 4.77 Å². The van der Waals surface area contributed by atoms with Crippen molar-refractivity contribution in [3.05, 3.63) is 34.0 Å². The van der Waals surface area contributed by atoms with E-state index in [-0.39, 0.29) is 0 Å². The van der Waals surface area contributed by atoms with Gasteiger partial charge in [0.1, 0.15) is 5.49 Å². The molecule has 3 nitrogen and oxygen atoms in total. The molecular formula is C13H13N3S. The summed E-state index contributed by atoms with van der Waals surface area (Å²) in [6, 6.07) is 5.93. The molecule has 0 aliphatic carbocycles. The molecule has 2 aromatic rings. The molecule has 0 saturated heterocycles. The number of terminal acetylenes is 1. The molecule has 2 rings (SSSR count). The van der Waals surface area contributed by atoms with Crippen LogP contribution in [-0.4, -0.2) is 9.55 Å². The number of aryl methyl sites for hydroxylation is 1. The van der Waals surface area contributed by atoms with Crippen LogP contribution in [0.3, 0.4) is 0 Å². The van der Waals surface area contributed by atoms with Crippen LogP contribution < -0.4 is 5.49 Å². The Labute approximate surface area is 105 Å². The van der Waals surface area contributed by atoms with E-state index in [0.717, 1.165) is 16.5 Å². The molecule has 0 bridgehead atoms. The molecule has 0 spiro atoms. The maximum atomic E-state index is 8.16. The van der Waals surface area contributed by atoms with Crippen molar-refractivity contribution in [3.8, 4) is 12.3 Å². The van der Waals surface area contributed by atoms with Crippen molar-refractivity contribution in [3.63, 3.8) is 0 Å². The van der Waals surface area contributed by atoms with Crippen LogP contribution >= 0.6 is 12.2 Å². The number of rotatable bonds is 2. The van der Waals surface area contributed by atoms with Gasteiger partial charge in [-0.25, -0.2) is 0 Å². The van der Waals surface area contributed by atoms with E-state index >= 15 is 0 Å². The lowest BCUT2D eigenvalue weighted by molar-refractivity contribution is 0.652. The van der Waals surface area contributed by atoms with Gasteiger partial charge in [0, 0.05) is 18.4 Å². The summed E-state index contributed by atoms with van der Waals surface area (Å²) in [5.74, 6) is 2.57. The fourth-order valence-corrected chi connectivity index (χ4v) is 2.07. The first-order chi connectivity index (χ1) is 8.13. The van der Waals surface area contributed by atoms with Crippen LogP contribution in [0.25, 0.3) is 10.9 Å². The number of aromatic nitrogens is 2. The highest BCUT2D eigenvalue weighted by Crippen LogP contribution is 2.09. The van der Waals surface area contributed by atoms with Gasteiger partial charge in [-0.3, -0.25) is 5.41 Å². The average molecular weight is 243 g/mol. The van der Waals surface area contributed by atoms with Gasteiger partial charge in [0.2, 0.25) is 0 Å². The van der Waals surface area contributed by atoms with Gasteiger partial charge in [-0.2, -0.15) is 0 Å². The quantitative estimate of drug-likeness (QED) is 0.618. The Bertz CT molecular complexity index is 716. The number of H-pyrrole nitrogens is 1. The number of aromatic amines is 1. The third-order valence-corrected chi connectivity index (χ3v) is 2.99. The smallest absolute Gasteiger partial charge is 0.179 e. The Morgan fingerprint density at radius 3 is 3.00 bits per heavy atom. The van der Waals surface area contributed by atoms with Crippen molar-refractivity contribution in [1.82, 2.24) is 9.55 Å². The molecule has 0 unspecified atom stereocenters. The van der Waals surface area contributed by atoms with Crippen LogP contribution in [0.2, 0.25) is 0 Å². The minimum absolute atomic E-state index is 0.419. The fourth-order valence-electron chi connectivity index (χ4n) is 1.78. The second-order valence-corrected chi connectivity index (χ2v) is 4.32. The molecule has 0 radical (unpaired) electrons. The summed E-state index contributed by atoms with van der Waals surface area (Å²) in [6.07, 6.45) is 5.82. The van der Waals surface area contributed by atoms with Gasteiger partial charge >= 0.3 is 0 Å². The van der Waals surface area contributed by atoms with E-state index < -0.39 is 0 Å².